The molecule has 1 fully saturated rings. The van der Waals surface area contributed by atoms with Gasteiger partial charge in [0.15, 0.2) is 18.0 Å². The normalized spacial score (nSPS) is 16.1. The van der Waals surface area contributed by atoms with Crippen molar-refractivity contribution in [2.24, 2.45) is 0 Å². The Bertz CT molecular complexity index is 1080. The largest absolute Gasteiger partial charge is 0.454 e. The molecule has 1 aliphatic heterocycles. The number of carbonyl (C=O) groups is 2. The summed E-state index contributed by atoms with van der Waals surface area (Å²) in [7, 11) is 0. The first kappa shape index (κ1) is 20.6. The molecule has 2 amide bonds. The summed E-state index contributed by atoms with van der Waals surface area (Å²) in [6.45, 7) is 2.17. The number of aromatic nitrogens is 1. The van der Waals surface area contributed by atoms with Crippen LogP contribution in [0, 0.1) is 12.7 Å². The van der Waals surface area contributed by atoms with E-state index in [-0.39, 0.29) is 23.3 Å². The van der Waals surface area contributed by atoms with Gasteiger partial charge in [-0.15, -0.1) is 0 Å². The fourth-order valence-electron chi connectivity index (χ4n) is 3.57. The van der Waals surface area contributed by atoms with Crippen molar-refractivity contribution < 1.29 is 23.1 Å². The van der Waals surface area contributed by atoms with Crippen molar-refractivity contribution in [3.05, 3.63) is 72.2 Å². The zero-order valence-corrected chi connectivity index (χ0v) is 17.0. The molecular weight excluding hydrogens is 401 g/mol. The van der Waals surface area contributed by atoms with E-state index in [0.29, 0.717) is 30.1 Å². The molecule has 0 saturated carbocycles. The zero-order chi connectivity index (χ0) is 21.8. The molecule has 2 heterocycles. The molecule has 7 nitrogen and oxygen atoms in total. The van der Waals surface area contributed by atoms with Gasteiger partial charge >= 0.3 is 0 Å². The van der Waals surface area contributed by atoms with Crippen LogP contribution in [0.1, 0.15) is 35.5 Å². The van der Waals surface area contributed by atoms with Gasteiger partial charge in [-0.2, -0.15) is 0 Å². The first-order valence-corrected chi connectivity index (χ1v) is 10.1. The number of benzene rings is 2. The van der Waals surface area contributed by atoms with Crippen LogP contribution in [0.25, 0.3) is 0 Å². The summed E-state index contributed by atoms with van der Waals surface area (Å²) in [6.07, 6.45) is 3.48. The van der Waals surface area contributed by atoms with Crippen LogP contribution in [0.3, 0.4) is 0 Å². The maximum absolute atomic E-state index is 13.7. The van der Waals surface area contributed by atoms with Crippen LogP contribution in [0.15, 0.2) is 59.3 Å². The quantitative estimate of drug-likeness (QED) is 0.651. The maximum atomic E-state index is 13.7. The molecule has 8 heteroatoms. The van der Waals surface area contributed by atoms with Crippen molar-refractivity contribution in [2.45, 2.75) is 32.2 Å². The summed E-state index contributed by atoms with van der Waals surface area (Å²) in [6, 6.07) is 12.2. The number of nitrogens with one attached hydrogen (secondary N) is 1. The molecule has 0 spiro atoms. The van der Waals surface area contributed by atoms with Crippen molar-refractivity contribution in [2.75, 3.05) is 11.9 Å². The van der Waals surface area contributed by atoms with Gasteiger partial charge < -0.3 is 19.4 Å². The summed E-state index contributed by atoms with van der Waals surface area (Å²) in [5.41, 5.74) is 1.06. The Morgan fingerprint density at radius 2 is 1.94 bits per heavy atom. The Morgan fingerprint density at radius 1 is 1.16 bits per heavy atom. The monoisotopic (exact) mass is 423 g/mol. The molecule has 0 bridgehead atoms. The third kappa shape index (κ3) is 4.58. The number of para-hydroxylation sites is 1. The molecule has 2 aromatic carbocycles. The molecule has 1 unspecified atom stereocenters. The van der Waals surface area contributed by atoms with Gasteiger partial charge in [-0.25, -0.2) is 9.37 Å². The molecule has 3 aromatic rings. The lowest BCUT2D eigenvalue weighted by molar-refractivity contribution is -0.121. The number of hydrogen-bond donors (Lipinski definition) is 1. The lowest BCUT2D eigenvalue weighted by Crippen LogP contribution is -2.50. The van der Waals surface area contributed by atoms with Gasteiger partial charge in [-0.1, -0.05) is 12.1 Å². The predicted octanol–water partition coefficient (Wildman–Crippen LogP) is 4.55. The Morgan fingerprint density at radius 3 is 2.65 bits per heavy atom. The highest BCUT2D eigenvalue weighted by Crippen LogP contribution is 2.26. The van der Waals surface area contributed by atoms with Crippen molar-refractivity contribution in [3.8, 4) is 11.5 Å². The average molecular weight is 423 g/mol. The van der Waals surface area contributed by atoms with Crippen LogP contribution in [0.5, 0.6) is 11.5 Å². The maximum Gasteiger partial charge on any atom is 0.292 e. The van der Waals surface area contributed by atoms with E-state index in [9.17, 15) is 14.0 Å². The number of rotatable bonds is 5. The summed E-state index contributed by atoms with van der Waals surface area (Å²) >= 11 is 0. The average Bonchev–Trinajstić information content (AvgIpc) is 3.22. The number of carbonyl (C=O) groups excluding carboxylic acids is 2. The highest BCUT2D eigenvalue weighted by molar-refractivity contribution is 6.00. The summed E-state index contributed by atoms with van der Waals surface area (Å²) < 4.78 is 24.5. The van der Waals surface area contributed by atoms with Gasteiger partial charge in [0.05, 0.1) is 5.69 Å². The van der Waals surface area contributed by atoms with E-state index >= 15 is 0 Å². The summed E-state index contributed by atoms with van der Waals surface area (Å²) in [4.78, 5) is 31.3. The summed E-state index contributed by atoms with van der Waals surface area (Å²) in [5.74, 6) is -0.327. The number of likely N-dealkylation sites (tertiary alicyclic amines) is 1. The fourth-order valence-corrected chi connectivity index (χ4v) is 3.57. The van der Waals surface area contributed by atoms with Gasteiger partial charge in [0.25, 0.3) is 5.91 Å². The third-order valence-corrected chi connectivity index (χ3v) is 5.19. The van der Waals surface area contributed by atoms with Gasteiger partial charge in [-0.3, -0.25) is 9.59 Å². The second-order valence-corrected chi connectivity index (χ2v) is 7.32. The minimum atomic E-state index is -0.597. The smallest absolute Gasteiger partial charge is 0.292 e. The van der Waals surface area contributed by atoms with Crippen LogP contribution in [0.2, 0.25) is 0 Å². The van der Waals surface area contributed by atoms with Gasteiger partial charge in [0, 0.05) is 12.2 Å². The highest BCUT2D eigenvalue weighted by atomic mass is 19.1. The van der Waals surface area contributed by atoms with Crippen LogP contribution < -0.4 is 10.1 Å². The number of amides is 2. The third-order valence-electron chi connectivity index (χ3n) is 5.19. The minimum absolute atomic E-state index is 0.123. The first-order valence-electron chi connectivity index (χ1n) is 10.1. The number of hydrogen-bond acceptors (Lipinski definition) is 5. The molecule has 160 valence electrons. The van der Waals surface area contributed by atoms with E-state index in [1.54, 1.807) is 48.2 Å². The summed E-state index contributed by atoms with van der Waals surface area (Å²) in [5, 5.41) is 2.85. The Labute approximate surface area is 178 Å². The van der Waals surface area contributed by atoms with Crippen LogP contribution in [-0.4, -0.2) is 34.3 Å². The van der Waals surface area contributed by atoms with Crippen molar-refractivity contribution >= 4 is 17.5 Å². The van der Waals surface area contributed by atoms with E-state index in [2.05, 4.69) is 10.3 Å². The molecule has 1 saturated heterocycles. The lowest BCUT2D eigenvalue weighted by Gasteiger charge is -2.34. The van der Waals surface area contributed by atoms with Gasteiger partial charge in [-0.05, 0) is 62.6 Å². The van der Waals surface area contributed by atoms with E-state index < -0.39 is 11.9 Å². The van der Waals surface area contributed by atoms with Crippen LogP contribution in [-0.2, 0) is 4.79 Å². The first-order chi connectivity index (χ1) is 15.0. The van der Waals surface area contributed by atoms with Gasteiger partial charge in [0.1, 0.15) is 11.8 Å². The van der Waals surface area contributed by atoms with E-state index in [4.69, 9.17) is 9.15 Å². The lowest BCUT2D eigenvalue weighted by atomic mass is 10.0. The molecule has 0 radical (unpaired) electrons. The molecule has 1 aliphatic rings. The number of oxazole rings is 1. The topological polar surface area (TPSA) is 84.7 Å². The SMILES string of the molecule is Cc1ncoc1C(=O)N1CCCCC1C(=O)Nc1ccc(Oc2ccccc2F)cc1. The van der Waals surface area contributed by atoms with Crippen LogP contribution in [0.4, 0.5) is 10.1 Å². The zero-order valence-electron chi connectivity index (χ0n) is 17.0. The van der Waals surface area contributed by atoms with Crippen LogP contribution >= 0.6 is 0 Å². The molecule has 1 atom stereocenters. The molecule has 0 aliphatic carbocycles. The number of ether oxygens (including phenoxy) is 1. The molecule has 4 rings (SSSR count). The number of nitrogens with zero attached hydrogens (tertiary/aromatic N) is 2. The van der Waals surface area contributed by atoms with Crippen molar-refractivity contribution in [1.29, 1.82) is 0 Å². The van der Waals surface area contributed by atoms with E-state index in [1.165, 1.54) is 18.5 Å². The van der Waals surface area contributed by atoms with E-state index in [1.807, 2.05) is 0 Å². The Balaban J connectivity index is 1.43. The molecular formula is C23H22FN3O4. The molecule has 1 aromatic heterocycles. The standard InChI is InChI=1S/C23H22FN3O4/c1-15-21(30-14-25-15)23(29)27-13-5-4-7-19(27)22(28)26-16-9-11-17(12-10-16)31-20-8-3-2-6-18(20)24/h2-3,6,8-12,14,19H,4-5,7,13H2,1H3,(H,26,28). The minimum Gasteiger partial charge on any atom is -0.454 e. The Kier molecular flexibility index (Phi) is 5.97. The number of aryl methyl sites for hydroxylation is 1. The number of piperidine rings is 1. The number of halogens is 1. The molecule has 31 heavy (non-hydrogen) atoms. The molecule has 1 N–H and O–H groups in total. The highest BCUT2D eigenvalue weighted by Gasteiger charge is 2.34. The number of anilines is 1. The van der Waals surface area contributed by atoms with Gasteiger partial charge in [0.2, 0.25) is 11.7 Å². The second kappa shape index (κ2) is 8.99. The fraction of sp³-hybridized carbons (Fsp3) is 0.261. The van der Waals surface area contributed by atoms with Crippen molar-refractivity contribution in [3.63, 3.8) is 0 Å². The van der Waals surface area contributed by atoms with E-state index in [0.717, 1.165) is 12.8 Å². The Hall–Kier alpha value is -3.68. The second-order valence-electron chi connectivity index (χ2n) is 7.32. The predicted molar refractivity (Wildman–Crippen MR) is 111 cm³/mol. The van der Waals surface area contributed by atoms with Crippen molar-refractivity contribution in [1.82, 2.24) is 9.88 Å².